The first kappa shape index (κ1) is 19.5. The second-order valence-corrected chi connectivity index (χ2v) is 8.10. The van der Waals surface area contributed by atoms with Crippen LogP contribution in [0.25, 0.3) is 0 Å². The van der Waals surface area contributed by atoms with Gasteiger partial charge in [0.05, 0.1) is 12.1 Å². The van der Waals surface area contributed by atoms with Crippen molar-refractivity contribution >= 4 is 12.0 Å². The summed E-state index contributed by atoms with van der Waals surface area (Å²) in [5.74, 6) is -0.105. The molecule has 0 aromatic heterocycles. The van der Waals surface area contributed by atoms with Crippen molar-refractivity contribution in [1.29, 1.82) is 0 Å². The van der Waals surface area contributed by atoms with E-state index in [1.807, 2.05) is 41.5 Å². The van der Waals surface area contributed by atoms with Crippen molar-refractivity contribution in [2.45, 2.75) is 59.2 Å². The Balaban J connectivity index is 2.79. The number of nitrogens with two attached hydrogens (primary N) is 1. The molecule has 6 heteroatoms. The summed E-state index contributed by atoms with van der Waals surface area (Å²) in [4.78, 5) is 28.2. The Morgan fingerprint density at radius 2 is 1.78 bits per heavy atom. The van der Waals surface area contributed by atoms with Gasteiger partial charge in [0.25, 0.3) is 0 Å². The van der Waals surface area contributed by atoms with Crippen molar-refractivity contribution in [1.82, 2.24) is 9.80 Å². The minimum atomic E-state index is -0.585. The van der Waals surface area contributed by atoms with Crippen molar-refractivity contribution in [3.8, 4) is 0 Å². The van der Waals surface area contributed by atoms with Crippen LogP contribution in [0.15, 0.2) is 12.7 Å². The van der Waals surface area contributed by atoms with Gasteiger partial charge in [-0.3, -0.25) is 4.79 Å². The Labute approximate surface area is 139 Å². The summed E-state index contributed by atoms with van der Waals surface area (Å²) in [5, 5.41) is 0. The Bertz CT molecular complexity index is 463. The highest BCUT2D eigenvalue weighted by Gasteiger charge is 2.37. The summed E-state index contributed by atoms with van der Waals surface area (Å²) in [6.07, 6.45) is 1.32. The fourth-order valence-electron chi connectivity index (χ4n) is 2.33. The van der Waals surface area contributed by atoms with Gasteiger partial charge in [-0.25, -0.2) is 4.79 Å². The summed E-state index contributed by atoms with van der Waals surface area (Å²) < 4.78 is 5.39. The quantitative estimate of drug-likeness (QED) is 0.788. The van der Waals surface area contributed by atoms with Crippen LogP contribution >= 0.6 is 0 Å². The highest BCUT2D eigenvalue weighted by atomic mass is 16.6. The Hall–Kier alpha value is -1.56. The zero-order chi connectivity index (χ0) is 18.0. The lowest BCUT2D eigenvalue weighted by Gasteiger charge is -2.42. The summed E-state index contributed by atoms with van der Waals surface area (Å²) in [6.45, 7) is 16.3. The molecule has 1 saturated heterocycles. The standard InChI is InChI=1S/C17H31N3O3/c1-8-12-11-19(15(22)23-17(5,6)7)9-10-20(12)14(21)13(18)16(2,3)4/h8,12-13H,1,9-11,18H2,2-7H3. The van der Waals surface area contributed by atoms with E-state index in [1.165, 1.54) is 0 Å². The number of ether oxygens (including phenoxy) is 1. The van der Waals surface area contributed by atoms with Crippen molar-refractivity contribution in [3.05, 3.63) is 12.7 Å². The third-order valence-corrected chi connectivity index (χ3v) is 3.82. The van der Waals surface area contributed by atoms with Gasteiger partial charge < -0.3 is 20.3 Å². The van der Waals surface area contributed by atoms with Crippen molar-refractivity contribution in [2.24, 2.45) is 11.1 Å². The van der Waals surface area contributed by atoms with Gasteiger partial charge in [0.1, 0.15) is 5.60 Å². The molecule has 0 saturated carbocycles. The van der Waals surface area contributed by atoms with Crippen LogP contribution in [0.5, 0.6) is 0 Å². The van der Waals surface area contributed by atoms with Crippen LogP contribution in [0.3, 0.4) is 0 Å². The number of hydrogen-bond donors (Lipinski definition) is 1. The molecule has 0 aromatic carbocycles. The van der Waals surface area contributed by atoms with E-state index >= 15 is 0 Å². The van der Waals surface area contributed by atoms with E-state index in [9.17, 15) is 9.59 Å². The molecule has 6 nitrogen and oxygen atoms in total. The second-order valence-electron chi connectivity index (χ2n) is 8.10. The topological polar surface area (TPSA) is 75.9 Å². The minimum absolute atomic E-state index is 0.105. The van der Waals surface area contributed by atoms with Gasteiger partial charge >= 0.3 is 6.09 Å². The summed E-state index contributed by atoms with van der Waals surface area (Å²) in [6, 6.07) is -0.838. The van der Waals surface area contributed by atoms with Gasteiger partial charge in [-0.15, -0.1) is 6.58 Å². The third-order valence-electron chi connectivity index (χ3n) is 3.82. The first-order valence-electron chi connectivity index (χ1n) is 8.03. The number of rotatable bonds is 2. The number of hydrogen-bond acceptors (Lipinski definition) is 4. The monoisotopic (exact) mass is 325 g/mol. The van der Waals surface area contributed by atoms with Crippen LogP contribution in [-0.2, 0) is 9.53 Å². The smallest absolute Gasteiger partial charge is 0.410 e. The van der Waals surface area contributed by atoms with E-state index in [1.54, 1.807) is 15.9 Å². The van der Waals surface area contributed by atoms with Gasteiger partial charge in [0.2, 0.25) is 5.91 Å². The third kappa shape index (κ3) is 5.23. The van der Waals surface area contributed by atoms with Gasteiger partial charge in [0, 0.05) is 19.6 Å². The van der Waals surface area contributed by atoms with E-state index < -0.39 is 11.6 Å². The van der Waals surface area contributed by atoms with E-state index in [2.05, 4.69) is 6.58 Å². The van der Waals surface area contributed by atoms with Crippen molar-refractivity contribution < 1.29 is 14.3 Å². The van der Waals surface area contributed by atoms with E-state index in [4.69, 9.17) is 10.5 Å². The largest absolute Gasteiger partial charge is 0.444 e. The summed E-state index contributed by atoms with van der Waals surface area (Å²) in [7, 11) is 0. The first-order chi connectivity index (χ1) is 10.4. The Kier molecular flexibility index (Phi) is 5.85. The lowest BCUT2D eigenvalue weighted by Crippen LogP contribution is -2.61. The zero-order valence-electron chi connectivity index (χ0n) is 15.3. The molecule has 1 rings (SSSR count). The number of carbonyl (C=O) groups excluding carboxylic acids is 2. The van der Waals surface area contributed by atoms with Crippen molar-refractivity contribution in [3.63, 3.8) is 0 Å². The summed E-state index contributed by atoms with van der Waals surface area (Å²) >= 11 is 0. The number of carbonyl (C=O) groups is 2. The lowest BCUT2D eigenvalue weighted by molar-refractivity contribution is -0.138. The normalized spacial score (nSPS) is 20.9. The zero-order valence-corrected chi connectivity index (χ0v) is 15.3. The fourth-order valence-corrected chi connectivity index (χ4v) is 2.33. The van der Waals surface area contributed by atoms with Gasteiger partial charge in [0.15, 0.2) is 0 Å². The molecule has 132 valence electrons. The van der Waals surface area contributed by atoms with E-state index in [-0.39, 0.29) is 23.5 Å². The minimum Gasteiger partial charge on any atom is -0.444 e. The average molecular weight is 325 g/mol. The maximum Gasteiger partial charge on any atom is 0.410 e. The molecule has 0 bridgehead atoms. The van der Waals surface area contributed by atoms with Crippen LogP contribution in [0.4, 0.5) is 4.79 Å². The first-order valence-corrected chi connectivity index (χ1v) is 8.03. The van der Waals surface area contributed by atoms with Crippen LogP contribution in [0.2, 0.25) is 0 Å². The molecule has 2 atom stereocenters. The molecule has 1 heterocycles. The molecule has 23 heavy (non-hydrogen) atoms. The predicted molar refractivity (Wildman–Crippen MR) is 90.9 cm³/mol. The molecule has 0 radical (unpaired) electrons. The molecular formula is C17H31N3O3. The molecule has 2 amide bonds. The SMILES string of the molecule is C=CC1CN(C(=O)OC(C)(C)C)CCN1C(=O)C(N)C(C)(C)C. The number of nitrogens with zero attached hydrogens (tertiary/aromatic N) is 2. The van der Waals surface area contributed by atoms with Gasteiger partial charge in [-0.05, 0) is 26.2 Å². The molecule has 1 aliphatic rings. The van der Waals surface area contributed by atoms with Gasteiger partial charge in [-0.1, -0.05) is 26.8 Å². The molecule has 1 aliphatic heterocycles. The lowest BCUT2D eigenvalue weighted by atomic mass is 9.86. The molecular weight excluding hydrogens is 294 g/mol. The molecule has 0 spiro atoms. The van der Waals surface area contributed by atoms with E-state index in [0.717, 1.165) is 0 Å². The number of piperazine rings is 1. The molecule has 0 aliphatic carbocycles. The second kappa shape index (κ2) is 6.91. The Morgan fingerprint density at radius 1 is 1.22 bits per heavy atom. The highest BCUT2D eigenvalue weighted by molar-refractivity contribution is 5.83. The summed E-state index contributed by atoms with van der Waals surface area (Å²) in [5.41, 5.74) is 5.24. The Morgan fingerprint density at radius 3 is 2.22 bits per heavy atom. The van der Waals surface area contributed by atoms with Crippen LogP contribution in [-0.4, -0.2) is 59.1 Å². The highest BCUT2D eigenvalue weighted by Crippen LogP contribution is 2.22. The van der Waals surface area contributed by atoms with Crippen LogP contribution < -0.4 is 5.73 Å². The molecule has 0 aromatic rings. The van der Waals surface area contributed by atoms with Crippen LogP contribution in [0.1, 0.15) is 41.5 Å². The predicted octanol–water partition coefficient (Wildman–Crippen LogP) is 1.99. The number of amides is 2. The maximum atomic E-state index is 12.6. The van der Waals surface area contributed by atoms with E-state index in [0.29, 0.717) is 19.6 Å². The van der Waals surface area contributed by atoms with Crippen molar-refractivity contribution in [2.75, 3.05) is 19.6 Å². The fraction of sp³-hybridized carbons (Fsp3) is 0.765. The average Bonchev–Trinajstić information content (AvgIpc) is 2.42. The van der Waals surface area contributed by atoms with Crippen LogP contribution in [0, 0.1) is 5.41 Å². The molecule has 1 fully saturated rings. The molecule has 2 N–H and O–H groups in total. The maximum absolute atomic E-state index is 12.6. The van der Waals surface area contributed by atoms with Gasteiger partial charge in [-0.2, -0.15) is 0 Å². The molecule has 2 unspecified atom stereocenters.